The van der Waals surface area contributed by atoms with Crippen LogP contribution in [0.5, 0.6) is 0 Å². The van der Waals surface area contributed by atoms with Gasteiger partial charge < -0.3 is 5.73 Å². The van der Waals surface area contributed by atoms with E-state index in [2.05, 4.69) is 20.8 Å². The molecule has 0 heterocycles. The molecule has 2 nitrogen and oxygen atoms in total. The van der Waals surface area contributed by atoms with Gasteiger partial charge in [-0.2, -0.15) is 0 Å². The van der Waals surface area contributed by atoms with Crippen molar-refractivity contribution in [2.24, 2.45) is 17.6 Å². The van der Waals surface area contributed by atoms with Crippen LogP contribution in [0.2, 0.25) is 0 Å². The van der Waals surface area contributed by atoms with Crippen LogP contribution in [-0.4, -0.2) is 12.3 Å². The van der Waals surface area contributed by atoms with Crippen LogP contribution < -0.4 is 5.73 Å². The topological polar surface area (TPSA) is 43.1 Å². The highest BCUT2D eigenvalue weighted by atomic mass is 16.1. The molecule has 0 aromatic heterocycles. The van der Waals surface area contributed by atoms with Crippen LogP contribution in [0.15, 0.2) is 0 Å². The number of carbonyl (C=O) groups is 1. The lowest BCUT2D eigenvalue weighted by Gasteiger charge is -2.11. The minimum atomic E-state index is 0.381. The van der Waals surface area contributed by atoms with E-state index in [1.807, 2.05) is 0 Å². The van der Waals surface area contributed by atoms with Crippen molar-refractivity contribution in [2.45, 2.75) is 46.5 Å². The molecular formula is C11H23NO. The average molecular weight is 185 g/mol. The van der Waals surface area contributed by atoms with E-state index in [-0.39, 0.29) is 0 Å². The predicted octanol–water partition coefficient (Wildman–Crippen LogP) is 2.37. The number of nitrogens with two attached hydrogens (primary N) is 1. The summed E-state index contributed by atoms with van der Waals surface area (Å²) in [5.41, 5.74) is 5.54. The van der Waals surface area contributed by atoms with Gasteiger partial charge in [-0.1, -0.05) is 27.2 Å². The first kappa shape index (κ1) is 12.6. The van der Waals surface area contributed by atoms with Gasteiger partial charge in [-0.25, -0.2) is 0 Å². The van der Waals surface area contributed by atoms with E-state index >= 15 is 0 Å². The maximum atomic E-state index is 11.4. The molecule has 0 rings (SSSR count). The van der Waals surface area contributed by atoms with Crippen molar-refractivity contribution in [1.29, 1.82) is 0 Å². The van der Waals surface area contributed by atoms with Crippen LogP contribution in [0, 0.1) is 11.8 Å². The van der Waals surface area contributed by atoms with Crippen LogP contribution in [0.4, 0.5) is 0 Å². The number of ketones is 1. The normalized spacial score (nSPS) is 13.3. The van der Waals surface area contributed by atoms with Crippen LogP contribution in [0.3, 0.4) is 0 Å². The van der Waals surface area contributed by atoms with E-state index in [1.165, 1.54) is 0 Å². The summed E-state index contributed by atoms with van der Waals surface area (Å²) in [4.78, 5) is 11.4. The summed E-state index contributed by atoms with van der Waals surface area (Å²) in [5, 5.41) is 0. The Morgan fingerprint density at radius 2 is 2.00 bits per heavy atom. The van der Waals surface area contributed by atoms with E-state index in [1.54, 1.807) is 0 Å². The molecule has 0 amide bonds. The number of hydrogen-bond donors (Lipinski definition) is 1. The number of hydrogen-bond acceptors (Lipinski definition) is 2. The fraction of sp³-hybridized carbons (Fsp3) is 0.909. The molecule has 0 saturated carbocycles. The van der Waals surface area contributed by atoms with Crippen molar-refractivity contribution < 1.29 is 4.79 Å². The summed E-state index contributed by atoms with van der Waals surface area (Å²) >= 11 is 0. The minimum absolute atomic E-state index is 0.381. The van der Waals surface area contributed by atoms with E-state index in [0.717, 1.165) is 19.3 Å². The molecule has 13 heavy (non-hydrogen) atoms. The molecule has 0 spiro atoms. The first-order valence-corrected chi connectivity index (χ1v) is 5.31. The van der Waals surface area contributed by atoms with E-state index in [4.69, 9.17) is 5.73 Å². The standard InChI is InChI=1S/C11H23NO/c1-4-10(8-12)7-11(13)6-5-9(2)3/h9-10H,4-8,12H2,1-3H3. The largest absolute Gasteiger partial charge is 0.330 e. The molecule has 2 N–H and O–H groups in total. The molecule has 0 fully saturated rings. The molecule has 0 saturated heterocycles. The smallest absolute Gasteiger partial charge is 0.133 e. The van der Waals surface area contributed by atoms with Crippen LogP contribution in [0.25, 0.3) is 0 Å². The molecule has 0 aliphatic heterocycles. The zero-order chi connectivity index (χ0) is 10.3. The van der Waals surface area contributed by atoms with Gasteiger partial charge in [-0.3, -0.25) is 4.79 Å². The summed E-state index contributed by atoms with van der Waals surface area (Å²) < 4.78 is 0. The highest BCUT2D eigenvalue weighted by Crippen LogP contribution is 2.11. The lowest BCUT2D eigenvalue weighted by Crippen LogP contribution is -2.17. The molecule has 0 bridgehead atoms. The van der Waals surface area contributed by atoms with E-state index in [9.17, 15) is 4.79 Å². The van der Waals surface area contributed by atoms with Gasteiger partial charge in [-0.05, 0) is 24.8 Å². The Morgan fingerprint density at radius 1 is 1.38 bits per heavy atom. The Kier molecular flexibility index (Phi) is 6.87. The summed E-state index contributed by atoms with van der Waals surface area (Å²) in [5.74, 6) is 1.41. The van der Waals surface area contributed by atoms with Crippen molar-refractivity contribution in [1.82, 2.24) is 0 Å². The maximum Gasteiger partial charge on any atom is 0.133 e. The number of rotatable bonds is 7. The van der Waals surface area contributed by atoms with Gasteiger partial charge in [0.05, 0.1) is 0 Å². The molecule has 78 valence electrons. The van der Waals surface area contributed by atoms with Gasteiger partial charge in [0.2, 0.25) is 0 Å². The Balaban J connectivity index is 3.60. The summed E-state index contributed by atoms with van der Waals surface area (Å²) in [6.45, 7) is 7.03. The van der Waals surface area contributed by atoms with Crippen LogP contribution in [-0.2, 0) is 4.79 Å². The SMILES string of the molecule is CCC(CN)CC(=O)CCC(C)C. The molecule has 0 aromatic rings. The van der Waals surface area contributed by atoms with Crippen molar-refractivity contribution in [3.63, 3.8) is 0 Å². The molecule has 0 aliphatic carbocycles. The van der Waals surface area contributed by atoms with Crippen molar-refractivity contribution in [3.05, 3.63) is 0 Å². The van der Waals surface area contributed by atoms with Crippen LogP contribution >= 0.6 is 0 Å². The van der Waals surface area contributed by atoms with Gasteiger partial charge in [0.1, 0.15) is 5.78 Å². The van der Waals surface area contributed by atoms with Gasteiger partial charge >= 0.3 is 0 Å². The summed E-state index contributed by atoms with van der Waals surface area (Å²) in [6.07, 6.45) is 3.44. The van der Waals surface area contributed by atoms with E-state index in [0.29, 0.717) is 30.6 Å². The van der Waals surface area contributed by atoms with Gasteiger partial charge in [0.25, 0.3) is 0 Å². The zero-order valence-electron chi connectivity index (χ0n) is 9.18. The molecule has 1 atom stereocenters. The fourth-order valence-electron chi connectivity index (χ4n) is 1.27. The third kappa shape index (κ3) is 6.76. The molecule has 0 aliphatic rings. The second-order valence-corrected chi connectivity index (χ2v) is 4.19. The highest BCUT2D eigenvalue weighted by Gasteiger charge is 2.10. The fourth-order valence-corrected chi connectivity index (χ4v) is 1.27. The lowest BCUT2D eigenvalue weighted by atomic mass is 9.96. The first-order valence-electron chi connectivity index (χ1n) is 5.31. The van der Waals surface area contributed by atoms with Crippen molar-refractivity contribution >= 4 is 5.78 Å². The zero-order valence-corrected chi connectivity index (χ0v) is 9.18. The molecule has 2 heteroatoms. The second-order valence-electron chi connectivity index (χ2n) is 4.19. The number of carbonyl (C=O) groups excluding carboxylic acids is 1. The van der Waals surface area contributed by atoms with Crippen LogP contribution in [0.1, 0.15) is 46.5 Å². The first-order chi connectivity index (χ1) is 6.10. The minimum Gasteiger partial charge on any atom is -0.330 e. The third-order valence-corrected chi connectivity index (χ3v) is 2.43. The highest BCUT2D eigenvalue weighted by molar-refractivity contribution is 5.78. The van der Waals surface area contributed by atoms with Crippen molar-refractivity contribution in [2.75, 3.05) is 6.54 Å². The monoisotopic (exact) mass is 185 g/mol. The molecule has 1 unspecified atom stereocenters. The van der Waals surface area contributed by atoms with Crippen molar-refractivity contribution in [3.8, 4) is 0 Å². The average Bonchev–Trinajstić information content (AvgIpc) is 2.10. The second kappa shape index (κ2) is 7.07. The maximum absolute atomic E-state index is 11.4. The third-order valence-electron chi connectivity index (χ3n) is 2.43. The summed E-state index contributed by atoms with van der Waals surface area (Å²) in [7, 11) is 0. The van der Waals surface area contributed by atoms with Gasteiger partial charge in [-0.15, -0.1) is 0 Å². The van der Waals surface area contributed by atoms with Gasteiger partial charge in [0, 0.05) is 12.8 Å². The molecular weight excluding hydrogens is 162 g/mol. The lowest BCUT2D eigenvalue weighted by molar-refractivity contribution is -0.120. The summed E-state index contributed by atoms with van der Waals surface area (Å²) in [6, 6.07) is 0. The quantitative estimate of drug-likeness (QED) is 0.661. The van der Waals surface area contributed by atoms with Gasteiger partial charge in [0.15, 0.2) is 0 Å². The number of Topliss-reactive ketones (excluding diaryl/α,β-unsaturated/α-hetero) is 1. The Bertz CT molecular complexity index is 139. The predicted molar refractivity (Wildman–Crippen MR) is 56.5 cm³/mol. The Labute approximate surface area is 81.9 Å². The Morgan fingerprint density at radius 3 is 2.38 bits per heavy atom. The molecule has 0 radical (unpaired) electrons. The molecule has 0 aromatic carbocycles. The van der Waals surface area contributed by atoms with E-state index < -0.39 is 0 Å². The Hall–Kier alpha value is -0.370.